The number of hydrogen-bond acceptors (Lipinski definition) is 3. The molecule has 96 valence electrons. The minimum Gasteiger partial charge on any atom is -0.374 e. The summed E-state index contributed by atoms with van der Waals surface area (Å²) < 4.78 is 0. The van der Waals surface area contributed by atoms with E-state index in [-0.39, 0.29) is 23.7 Å². The summed E-state index contributed by atoms with van der Waals surface area (Å²) >= 11 is 0. The van der Waals surface area contributed by atoms with Crippen molar-refractivity contribution in [3.63, 3.8) is 0 Å². The van der Waals surface area contributed by atoms with Gasteiger partial charge in [-0.25, -0.2) is 0 Å². The van der Waals surface area contributed by atoms with Gasteiger partial charge in [-0.2, -0.15) is 0 Å². The molecule has 0 aliphatic carbocycles. The van der Waals surface area contributed by atoms with Gasteiger partial charge in [0.25, 0.3) is 0 Å². The summed E-state index contributed by atoms with van der Waals surface area (Å²) in [6.45, 7) is 13.5. The fourth-order valence-electron chi connectivity index (χ4n) is 1.41. The van der Waals surface area contributed by atoms with Crippen molar-refractivity contribution in [2.75, 3.05) is 0 Å². The first-order valence-corrected chi connectivity index (χ1v) is 6.04. The molecule has 0 aromatic heterocycles. The zero-order valence-electron chi connectivity index (χ0n) is 11.5. The van der Waals surface area contributed by atoms with E-state index < -0.39 is 0 Å². The average Bonchev–Trinajstić information content (AvgIpc) is 2.28. The second-order valence-corrected chi connectivity index (χ2v) is 4.62. The van der Waals surface area contributed by atoms with Gasteiger partial charge in [0.1, 0.15) is 0 Å². The molecule has 0 aliphatic heterocycles. The second kappa shape index (κ2) is 7.82. The predicted molar refractivity (Wildman–Crippen MR) is 74.1 cm³/mol. The van der Waals surface area contributed by atoms with Crippen LogP contribution >= 0.6 is 0 Å². The monoisotopic (exact) mass is 236 g/mol. The highest BCUT2D eigenvalue weighted by molar-refractivity contribution is 5.86. The lowest BCUT2D eigenvalue weighted by molar-refractivity contribution is -0.124. The highest BCUT2D eigenvalue weighted by Crippen LogP contribution is 2.11. The van der Waals surface area contributed by atoms with Crippen LogP contribution in [0.2, 0.25) is 0 Å². The molecule has 3 heteroatoms. The van der Waals surface area contributed by atoms with Crippen molar-refractivity contribution in [1.82, 2.24) is 5.32 Å². The van der Waals surface area contributed by atoms with Crippen LogP contribution in [0.5, 0.6) is 0 Å². The van der Waals surface area contributed by atoms with Gasteiger partial charge in [-0.1, -0.05) is 34.3 Å². The molecule has 0 amide bonds. The Labute approximate surface area is 105 Å². The molecule has 0 aliphatic rings. The predicted octanol–water partition coefficient (Wildman–Crippen LogP) is 2.94. The number of nitrogens with zero attached hydrogens (tertiary/aromatic N) is 1. The van der Waals surface area contributed by atoms with Crippen LogP contribution in [0.4, 0.5) is 0 Å². The number of carbonyl (C=O) groups is 1. The van der Waals surface area contributed by atoms with Crippen LogP contribution in [0.1, 0.15) is 34.6 Å². The lowest BCUT2D eigenvalue weighted by Gasteiger charge is -2.24. The molecule has 17 heavy (non-hydrogen) atoms. The lowest BCUT2D eigenvalue weighted by atomic mass is 9.93. The van der Waals surface area contributed by atoms with Crippen LogP contribution in [-0.4, -0.2) is 18.0 Å². The van der Waals surface area contributed by atoms with Crippen molar-refractivity contribution in [3.05, 3.63) is 24.6 Å². The Morgan fingerprint density at radius 3 is 2.24 bits per heavy atom. The van der Waals surface area contributed by atoms with Gasteiger partial charge in [0.05, 0.1) is 11.7 Å². The maximum Gasteiger partial charge on any atom is 0.157 e. The quantitative estimate of drug-likeness (QED) is 0.545. The third-order valence-corrected chi connectivity index (χ3v) is 2.45. The van der Waals surface area contributed by atoms with E-state index in [1.165, 1.54) is 0 Å². The molecule has 0 aromatic rings. The molecule has 0 saturated carbocycles. The fourth-order valence-corrected chi connectivity index (χ4v) is 1.41. The maximum atomic E-state index is 12.0. The van der Waals surface area contributed by atoms with Crippen LogP contribution in [0, 0.1) is 11.8 Å². The first-order valence-electron chi connectivity index (χ1n) is 6.04. The Bertz CT molecular complexity index is 314. The molecule has 1 N–H and O–H groups in total. The summed E-state index contributed by atoms with van der Waals surface area (Å²) in [7, 11) is 0. The first-order chi connectivity index (χ1) is 7.93. The standard InChI is InChI=1S/C14H24N2O/c1-7-12(9-15-8-2)16-13(10(3)4)14(17)11(5)6/h7-11,13,16H,1H2,2-6H3/b12-9+,15-8?/t13-/m0/s1. The molecule has 0 rings (SSSR count). The number of hydrogen-bond donors (Lipinski definition) is 1. The second-order valence-electron chi connectivity index (χ2n) is 4.62. The van der Waals surface area contributed by atoms with Crippen LogP contribution in [0.15, 0.2) is 29.5 Å². The number of ketones is 1. The molecule has 0 heterocycles. The highest BCUT2D eigenvalue weighted by atomic mass is 16.1. The number of allylic oxidation sites excluding steroid dienone is 1. The van der Waals surface area contributed by atoms with Gasteiger partial charge in [0.2, 0.25) is 0 Å². The Hall–Kier alpha value is -1.38. The summed E-state index contributed by atoms with van der Waals surface area (Å²) in [6.07, 6.45) is 5.05. The molecule has 0 bridgehead atoms. The van der Waals surface area contributed by atoms with E-state index in [4.69, 9.17) is 0 Å². The summed E-state index contributed by atoms with van der Waals surface area (Å²) in [6, 6.07) is -0.189. The van der Waals surface area contributed by atoms with Gasteiger partial charge in [0.15, 0.2) is 5.78 Å². The topological polar surface area (TPSA) is 41.5 Å². The fraction of sp³-hybridized carbons (Fsp3) is 0.571. The number of aliphatic imine (C=N–C) groups is 1. The minimum absolute atomic E-state index is 0.0237. The summed E-state index contributed by atoms with van der Waals surface area (Å²) in [5.41, 5.74) is 0.774. The van der Waals surface area contributed by atoms with Crippen molar-refractivity contribution in [2.45, 2.75) is 40.7 Å². The molecule has 0 saturated heterocycles. The van der Waals surface area contributed by atoms with E-state index in [0.29, 0.717) is 0 Å². The lowest BCUT2D eigenvalue weighted by Crippen LogP contribution is -2.42. The van der Waals surface area contributed by atoms with Gasteiger partial charge >= 0.3 is 0 Å². The molecular formula is C14H24N2O. The largest absolute Gasteiger partial charge is 0.374 e. The molecule has 0 aromatic carbocycles. The summed E-state index contributed by atoms with van der Waals surface area (Å²) in [4.78, 5) is 16.1. The summed E-state index contributed by atoms with van der Waals surface area (Å²) in [5.74, 6) is 0.475. The number of Topliss-reactive ketones (excluding diaryl/α,β-unsaturated/α-hetero) is 1. The Kier molecular flexibility index (Phi) is 7.19. The van der Waals surface area contributed by atoms with E-state index >= 15 is 0 Å². The molecule has 0 fully saturated rings. The number of rotatable bonds is 7. The van der Waals surface area contributed by atoms with Gasteiger partial charge in [0, 0.05) is 18.3 Å². The van der Waals surface area contributed by atoms with E-state index in [2.05, 4.69) is 16.9 Å². The molecule has 0 radical (unpaired) electrons. The third-order valence-electron chi connectivity index (χ3n) is 2.45. The van der Waals surface area contributed by atoms with Gasteiger partial charge in [-0.3, -0.25) is 9.79 Å². The van der Waals surface area contributed by atoms with Gasteiger partial charge in [-0.15, -0.1) is 0 Å². The Morgan fingerprint density at radius 2 is 1.88 bits per heavy atom. The first kappa shape index (κ1) is 15.6. The van der Waals surface area contributed by atoms with E-state index in [1.807, 2.05) is 34.6 Å². The van der Waals surface area contributed by atoms with Crippen LogP contribution in [-0.2, 0) is 4.79 Å². The molecule has 3 nitrogen and oxygen atoms in total. The molecule has 0 spiro atoms. The normalized spacial score (nSPS) is 14.4. The zero-order chi connectivity index (χ0) is 13.4. The van der Waals surface area contributed by atoms with Crippen molar-refractivity contribution in [2.24, 2.45) is 16.8 Å². The van der Waals surface area contributed by atoms with Crippen molar-refractivity contribution in [1.29, 1.82) is 0 Å². The third kappa shape index (κ3) is 5.48. The molecule has 1 atom stereocenters. The average molecular weight is 236 g/mol. The van der Waals surface area contributed by atoms with Crippen LogP contribution < -0.4 is 5.32 Å². The summed E-state index contributed by atoms with van der Waals surface area (Å²) in [5, 5.41) is 3.20. The zero-order valence-corrected chi connectivity index (χ0v) is 11.5. The Morgan fingerprint density at radius 1 is 1.29 bits per heavy atom. The highest BCUT2D eigenvalue weighted by Gasteiger charge is 2.24. The minimum atomic E-state index is -0.189. The maximum absolute atomic E-state index is 12.0. The Balaban J connectivity index is 4.86. The molecule has 0 unspecified atom stereocenters. The van der Waals surface area contributed by atoms with Gasteiger partial charge < -0.3 is 5.32 Å². The van der Waals surface area contributed by atoms with Crippen LogP contribution in [0.3, 0.4) is 0 Å². The van der Waals surface area contributed by atoms with Crippen molar-refractivity contribution in [3.8, 4) is 0 Å². The SMILES string of the molecule is C=C/C(=C\N=CC)N[C@H](C(=O)C(C)C)C(C)C. The molecular weight excluding hydrogens is 212 g/mol. The van der Waals surface area contributed by atoms with Gasteiger partial charge in [-0.05, 0) is 18.9 Å². The number of carbonyl (C=O) groups excluding carboxylic acids is 1. The number of nitrogens with one attached hydrogen (secondary N) is 1. The van der Waals surface area contributed by atoms with Crippen molar-refractivity contribution >= 4 is 12.0 Å². The van der Waals surface area contributed by atoms with E-state index in [0.717, 1.165) is 5.70 Å². The smallest absolute Gasteiger partial charge is 0.157 e. The van der Waals surface area contributed by atoms with E-state index in [1.54, 1.807) is 18.5 Å². The van der Waals surface area contributed by atoms with E-state index in [9.17, 15) is 4.79 Å². The van der Waals surface area contributed by atoms with Crippen molar-refractivity contribution < 1.29 is 4.79 Å². The van der Waals surface area contributed by atoms with Crippen LogP contribution in [0.25, 0.3) is 0 Å².